The number of fused-ring (bicyclic) bond motifs is 1. The molecule has 1 heterocycles. The number of benzene rings is 1. The van der Waals surface area contributed by atoms with E-state index in [4.69, 9.17) is 5.11 Å². The predicted molar refractivity (Wildman–Crippen MR) is 96.6 cm³/mol. The lowest BCUT2D eigenvalue weighted by atomic mass is 9.95. The Balaban J connectivity index is 2.35. The van der Waals surface area contributed by atoms with Crippen molar-refractivity contribution in [3.63, 3.8) is 0 Å². The van der Waals surface area contributed by atoms with Gasteiger partial charge in [0.15, 0.2) is 0 Å². The van der Waals surface area contributed by atoms with Gasteiger partial charge in [0.1, 0.15) is 5.83 Å². The van der Waals surface area contributed by atoms with Gasteiger partial charge in [-0.3, -0.25) is 0 Å². The van der Waals surface area contributed by atoms with Gasteiger partial charge in [-0.15, -0.1) is 6.58 Å². The number of carboxylic acid groups (broad SMARTS) is 1. The molecule has 0 amide bonds. The molecule has 1 aromatic rings. The van der Waals surface area contributed by atoms with Crippen molar-refractivity contribution < 1.29 is 14.3 Å². The number of aliphatic carboxylic acids is 1. The topological polar surface area (TPSA) is 49.3 Å². The van der Waals surface area contributed by atoms with E-state index in [-0.39, 0.29) is 5.83 Å². The highest BCUT2D eigenvalue weighted by molar-refractivity contribution is 5.81. The van der Waals surface area contributed by atoms with Gasteiger partial charge < -0.3 is 10.4 Å². The molecule has 0 fully saturated rings. The van der Waals surface area contributed by atoms with Crippen LogP contribution in [0.3, 0.4) is 0 Å². The Kier molecular flexibility index (Phi) is 6.13. The maximum atomic E-state index is 14.6. The smallest absolute Gasteiger partial charge is 0.328 e. The molecule has 24 heavy (non-hydrogen) atoms. The second-order valence-electron chi connectivity index (χ2n) is 5.78. The Morgan fingerprint density at radius 3 is 2.92 bits per heavy atom. The van der Waals surface area contributed by atoms with Gasteiger partial charge in [0.05, 0.1) is 0 Å². The standard InChI is InChI=1S/C20H22FNO2/c1-3-5-17(18(21)9-7-14(2)12-20(23)24)15-8-10-19-16(13-15)6-4-11-22-19/h3,7-10,12-13,22H,1,4-6,11H2,2H3,(H,23,24). The average molecular weight is 327 g/mol. The monoisotopic (exact) mass is 327 g/mol. The SMILES string of the molecule is C=CCC(=C(F)C=CC(C)=CC(=O)O)c1ccc2c(c1)CCCN2. The minimum Gasteiger partial charge on any atom is -0.478 e. The number of carbonyl (C=O) groups is 1. The second-order valence-corrected chi connectivity index (χ2v) is 5.78. The van der Waals surface area contributed by atoms with Gasteiger partial charge in [-0.05, 0) is 66.7 Å². The van der Waals surface area contributed by atoms with Gasteiger partial charge >= 0.3 is 5.97 Å². The Hall–Kier alpha value is -2.62. The molecule has 0 atom stereocenters. The minimum absolute atomic E-state index is 0.378. The van der Waals surface area contributed by atoms with Crippen molar-refractivity contribution in [2.75, 3.05) is 11.9 Å². The summed E-state index contributed by atoms with van der Waals surface area (Å²) in [5.74, 6) is -1.42. The van der Waals surface area contributed by atoms with E-state index in [0.717, 1.165) is 36.7 Å². The molecule has 4 heteroatoms. The van der Waals surface area contributed by atoms with E-state index in [1.807, 2.05) is 18.2 Å². The van der Waals surface area contributed by atoms with Crippen molar-refractivity contribution in [2.45, 2.75) is 26.2 Å². The van der Waals surface area contributed by atoms with Crippen LogP contribution in [-0.2, 0) is 11.2 Å². The van der Waals surface area contributed by atoms with Crippen LogP contribution in [0.1, 0.15) is 30.9 Å². The highest BCUT2D eigenvalue weighted by Crippen LogP contribution is 2.30. The zero-order chi connectivity index (χ0) is 17.5. The highest BCUT2D eigenvalue weighted by atomic mass is 19.1. The van der Waals surface area contributed by atoms with Crippen molar-refractivity contribution in [1.29, 1.82) is 0 Å². The Morgan fingerprint density at radius 1 is 1.42 bits per heavy atom. The van der Waals surface area contributed by atoms with E-state index in [0.29, 0.717) is 17.6 Å². The normalized spacial score (nSPS) is 15.5. The molecule has 2 N–H and O–H groups in total. The summed E-state index contributed by atoms with van der Waals surface area (Å²) >= 11 is 0. The molecular weight excluding hydrogens is 305 g/mol. The average Bonchev–Trinajstić information content (AvgIpc) is 2.56. The fourth-order valence-corrected chi connectivity index (χ4v) is 2.71. The summed E-state index contributed by atoms with van der Waals surface area (Å²) < 4.78 is 14.6. The zero-order valence-electron chi connectivity index (χ0n) is 13.8. The van der Waals surface area contributed by atoms with Crippen LogP contribution in [-0.4, -0.2) is 17.6 Å². The van der Waals surface area contributed by atoms with Crippen LogP contribution >= 0.6 is 0 Å². The van der Waals surface area contributed by atoms with Crippen molar-refractivity contribution in [1.82, 2.24) is 0 Å². The van der Waals surface area contributed by atoms with Crippen LogP contribution in [0.4, 0.5) is 10.1 Å². The van der Waals surface area contributed by atoms with Crippen LogP contribution in [0, 0.1) is 0 Å². The lowest BCUT2D eigenvalue weighted by Gasteiger charge is -2.19. The molecule has 0 aromatic heterocycles. The lowest BCUT2D eigenvalue weighted by molar-refractivity contribution is -0.131. The van der Waals surface area contributed by atoms with Gasteiger partial charge in [0.25, 0.3) is 0 Å². The molecule has 0 unspecified atom stereocenters. The number of allylic oxidation sites excluding steroid dienone is 6. The van der Waals surface area contributed by atoms with E-state index in [2.05, 4.69) is 11.9 Å². The molecule has 0 saturated carbocycles. The van der Waals surface area contributed by atoms with Crippen molar-refractivity contribution in [3.8, 4) is 0 Å². The summed E-state index contributed by atoms with van der Waals surface area (Å²) in [6.07, 6.45) is 7.94. The number of halogens is 1. The number of hydrogen-bond acceptors (Lipinski definition) is 2. The fourth-order valence-electron chi connectivity index (χ4n) is 2.71. The maximum absolute atomic E-state index is 14.6. The number of carboxylic acids is 1. The van der Waals surface area contributed by atoms with Crippen molar-refractivity contribution in [2.24, 2.45) is 0 Å². The molecule has 0 spiro atoms. The summed E-state index contributed by atoms with van der Waals surface area (Å²) in [7, 11) is 0. The van der Waals surface area contributed by atoms with Crippen LogP contribution in [0.2, 0.25) is 0 Å². The van der Waals surface area contributed by atoms with Crippen LogP contribution in [0.15, 0.2) is 60.5 Å². The zero-order valence-corrected chi connectivity index (χ0v) is 13.8. The van der Waals surface area contributed by atoms with Gasteiger partial charge in [-0.1, -0.05) is 18.2 Å². The van der Waals surface area contributed by atoms with Gasteiger partial charge in [0.2, 0.25) is 0 Å². The maximum Gasteiger partial charge on any atom is 0.328 e. The number of nitrogens with one attached hydrogen (secondary N) is 1. The van der Waals surface area contributed by atoms with Crippen LogP contribution in [0.5, 0.6) is 0 Å². The van der Waals surface area contributed by atoms with Gasteiger partial charge in [0, 0.05) is 18.3 Å². The van der Waals surface area contributed by atoms with Crippen LogP contribution in [0.25, 0.3) is 5.57 Å². The van der Waals surface area contributed by atoms with Crippen molar-refractivity contribution in [3.05, 3.63) is 71.6 Å². The molecule has 2 rings (SSSR count). The van der Waals surface area contributed by atoms with E-state index >= 15 is 0 Å². The first-order valence-electron chi connectivity index (χ1n) is 7.97. The second kappa shape index (κ2) is 8.29. The highest BCUT2D eigenvalue weighted by Gasteiger charge is 2.12. The lowest BCUT2D eigenvalue weighted by Crippen LogP contribution is -2.11. The van der Waals surface area contributed by atoms with E-state index in [1.165, 1.54) is 17.7 Å². The molecule has 1 aliphatic rings. The number of hydrogen-bond donors (Lipinski definition) is 2. The summed E-state index contributed by atoms with van der Waals surface area (Å²) in [6.45, 7) is 6.29. The van der Waals surface area contributed by atoms with Crippen LogP contribution < -0.4 is 5.32 Å². The fraction of sp³-hybridized carbons (Fsp3) is 0.250. The predicted octanol–water partition coefficient (Wildman–Crippen LogP) is 4.89. The quantitative estimate of drug-likeness (QED) is 0.444. The van der Waals surface area contributed by atoms with E-state index in [1.54, 1.807) is 13.0 Å². The molecule has 0 aliphatic carbocycles. The summed E-state index contributed by atoms with van der Waals surface area (Å²) in [4.78, 5) is 10.6. The molecule has 126 valence electrons. The minimum atomic E-state index is -1.05. The Bertz CT molecular complexity index is 729. The van der Waals surface area contributed by atoms with Gasteiger partial charge in [-0.25, -0.2) is 9.18 Å². The van der Waals surface area contributed by atoms with Crippen molar-refractivity contribution >= 4 is 17.2 Å². The molecule has 1 aromatic carbocycles. The first-order valence-corrected chi connectivity index (χ1v) is 7.97. The Labute approximate surface area is 141 Å². The first-order chi connectivity index (χ1) is 11.5. The van der Waals surface area contributed by atoms with Gasteiger partial charge in [-0.2, -0.15) is 0 Å². The molecule has 1 aliphatic heterocycles. The molecule has 0 radical (unpaired) electrons. The number of rotatable bonds is 6. The summed E-state index contributed by atoms with van der Waals surface area (Å²) in [5, 5.41) is 12.0. The van der Waals surface area contributed by atoms with E-state index in [9.17, 15) is 9.18 Å². The molecule has 0 saturated heterocycles. The number of anilines is 1. The van der Waals surface area contributed by atoms with E-state index < -0.39 is 5.97 Å². The third-order valence-corrected chi connectivity index (χ3v) is 3.87. The largest absolute Gasteiger partial charge is 0.478 e. The summed E-state index contributed by atoms with van der Waals surface area (Å²) in [6, 6.07) is 5.91. The summed E-state index contributed by atoms with van der Waals surface area (Å²) in [5.41, 5.74) is 4.17. The Morgan fingerprint density at radius 2 is 2.21 bits per heavy atom. The third-order valence-electron chi connectivity index (χ3n) is 3.87. The molecule has 0 bridgehead atoms. The molecule has 3 nitrogen and oxygen atoms in total. The first kappa shape index (κ1) is 17.7. The third kappa shape index (κ3) is 4.69. The molecular formula is C20H22FNO2. The number of aryl methyl sites for hydroxylation is 1.